The van der Waals surface area contributed by atoms with E-state index in [0.717, 1.165) is 9.35 Å². The van der Waals surface area contributed by atoms with E-state index in [4.69, 9.17) is 4.74 Å². The molecule has 1 amide bonds. The topological polar surface area (TPSA) is 29.5 Å². The Bertz CT molecular complexity index is 625. The second-order valence-electron chi connectivity index (χ2n) is 4.57. The van der Waals surface area contributed by atoms with Gasteiger partial charge in [-0.15, -0.1) is 11.3 Å². The summed E-state index contributed by atoms with van der Waals surface area (Å²) >= 11 is 4.81. The molecule has 1 heterocycles. The summed E-state index contributed by atoms with van der Waals surface area (Å²) in [5.41, 5.74) is 1.04. The zero-order valence-electron chi connectivity index (χ0n) is 11.7. The molecular weight excluding hydrogens is 357 g/mol. The van der Waals surface area contributed by atoms with Gasteiger partial charge in [-0.05, 0) is 46.6 Å². The van der Waals surface area contributed by atoms with E-state index in [-0.39, 0.29) is 18.3 Å². The highest BCUT2D eigenvalue weighted by Gasteiger charge is 2.15. The van der Waals surface area contributed by atoms with Crippen LogP contribution in [0.2, 0.25) is 0 Å². The molecule has 0 aliphatic rings. The second-order valence-corrected chi connectivity index (χ2v) is 6.94. The molecule has 6 heteroatoms. The second kappa shape index (κ2) is 7.04. The van der Waals surface area contributed by atoms with Gasteiger partial charge >= 0.3 is 0 Å². The molecule has 0 atom stereocenters. The van der Waals surface area contributed by atoms with Crippen LogP contribution in [-0.4, -0.2) is 31.0 Å². The molecule has 0 fully saturated rings. The summed E-state index contributed by atoms with van der Waals surface area (Å²) in [7, 11) is 1.70. The van der Waals surface area contributed by atoms with Crippen molar-refractivity contribution in [2.24, 2.45) is 0 Å². The summed E-state index contributed by atoms with van der Waals surface area (Å²) in [5.74, 6) is -0.261. The van der Waals surface area contributed by atoms with Gasteiger partial charge in [0.1, 0.15) is 6.61 Å². The third-order valence-electron chi connectivity index (χ3n) is 2.94. The van der Waals surface area contributed by atoms with Crippen molar-refractivity contribution in [3.05, 3.63) is 50.4 Å². The highest BCUT2D eigenvalue weighted by molar-refractivity contribution is 9.11. The largest absolute Gasteiger partial charge is 0.489 e. The first-order chi connectivity index (χ1) is 9.99. The van der Waals surface area contributed by atoms with Gasteiger partial charge in [0, 0.05) is 7.05 Å². The molecule has 0 saturated heterocycles. The summed E-state index contributed by atoms with van der Waals surface area (Å²) in [4.78, 5) is 14.4. The summed E-state index contributed by atoms with van der Waals surface area (Å²) in [6.45, 7) is 2.58. The Morgan fingerprint density at radius 2 is 2.14 bits per heavy atom. The van der Waals surface area contributed by atoms with E-state index in [2.05, 4.69) is 15.9 Å². The van der Waals surface area contributed by atoms with Crippen LogP contribution >= 0.6 is 27.3 Å². The molecule has 21 heavy (non-hydrogen) atoms. The lowest BCUT2D eigenvalue weighted by atomic mass is 10.3. The molecule has 0 spiro atoms. The Hall–Kier alpha value is -1.40. The van der Waals surface area contributed by atoms with Crippen LogP contribution in [0.4, 0.5) is 4.39 Å². The van der Waals surface area contributed by atoms with E-state index in [1.54, 1.807) is 30.1 Å². The third kappa shape index (κ3) is 4.04. The predicted molar refractivity (Wildman–Crippen MR) is 85.6 cm³/mol. The number of hydrogen-bond donors (Lipinski definition) is 0. The zero-order valence-corrected chi connectivity index (χ0v) is 14.1. The maximum atomic E-state index is 13.4. The SMILES string of the molecule is Cc1cc(C(=O)N(C)CCOc2ccccc2F)sc1Br. The number of carbonyl (C=O) groups excluding carboxylic acids is 1. The first-order valence-electron chi connectivity index (χ1n) is 6.37. The van der Waals surface area contributed by atoms with Crippen LogP contribution in [0.25, 0.3) is 0 Å². The fraction of sp³-hybridized carbons (Fsp3) is 0.267. The number of nitrogens with zero attached hydrogens (tertiary/aromatic N) is 1. The highest BCUT2D eigenvalue weighted by atomic mass is 79.9. The molecule has 0 N–H and O–H groups in total. The number of aryl methyl sites for hydroxylation is 1. The van der Waals surface area contributed by atoms with Gasteiger partial charge in [-0.2, -0.15) is 0 Å². The molecule has 3 nitrogen and oxygen atoms in total. The van der Waals surface area contributed by atoms with Crippen molar-refractivity contribution in [1.29, 1.82) is 0 Å². The van der Waals surface area contributed by atoms with Crippen molar-refractivity contribution < 1.29 is 13.9 Å². The lowest BCUT2D eigenvalue weighted by Gasteiger charge is -2.16. The van der Waals surface area contributed by atoms with Gasteiger partial charge in [-0.3, -0.25) is 4.79 Å². The Labute approximate surface area is 135 Å². The Kier molecular flexibility index (Phi) is 5.36. The van der Waals surface area contributed by atoms with Crippen LogP contribution in [0.1, 0.15) is 15.2 Å². The van der Waals surface area contributed by atoms with E-state index in [1.807, 2.05) is 13.0 Å². The normalized spacial score (nSPS) is 10.5. The Balaban J connectivity index is 1.88. The third-order valence-corrected chi connectivity index (χ3v) is 5.06. The van der Waals surface area contributed by atoms with Crippen LogP contribution in [0.3, 0.4) is 0 Å². The number of amides is 1. The first-order valence-corrected chi connectivity index (χ1v) is 7.98. The van der Waals surface area contributed by atoms with E-state index in [1.165, 1.54) is 17.4 Å². The van der Waals surface area contributed by atoms with Crippen LogP contribution in [0, 0.1) is 12.7 Å². The number of rotatable bonds is 5. The van der Waals surface area contributed by atoms with Gasteiger partial charge in [0.25, 0.3) is 5.91 Å². The van der Waals surface area contributed by atoms with E-state index >= 15 is 0 Å². The summed E-state index contributed by atoms with van der Waals surface area (Å²) in [5, 5.41) is 0. The lowest BCUT2D eigenvalue weighted by molar-refractivity contribution is 0.0777. The number of carbonyl (C=O) groups is 1. The molecule has 1 aromatic heterocycles. The number of likely N-dealkylation sites (N-methyl/N-ethyl adjacent to an activating group) is 1. The fourth-order valence-corrected chi connectivity index (χ4v) is 3.24. The standard InChI is InChI=1S/C15H15BrFNO2S/c1-10-9-13(21-14(10)16)15(19)18(2)7-8-20-12-6-4-3-5-11(12)17/h3-6,9H,7-8H2,1-2H3. The van der Waals surface area contributed by atoms with Crippen molar-refractivity contribution in [3.63, 3.8) is 0 Å². The molecule has 0 unspecified atom stereocenters. The Morgan fingerprint density at radius 1 is 1.43 bits per heavy atom. The smallest absolute Gasteiger partial charge is 0.263 e. The molecule has 2 aromatic rings. The quantitative estimate of drug-likeness (QED) is 0.791. The maximum absolute atomic E-state index is 13.4. The molecule has 0 aliphatic carbocycles. The minimum absolute atomic E-state index is 0.0640. The molecule has 0 radical (unpaired) electrons. The number of thiophene rings is 1. The summed E-state index contributed by atoms with van der Waals surface area (Å²) in [6.07, 6.45) is 0. The summed E-state index contributed by atoms with van der Waals surface area (Å²) in [6, 6.07) is 8.08. The molecule has 112 valence electrons. The van der Waals surface area contributed by atoms with Gasteiger partial charge in [-0.25, -0.2) is 4.39 Å². The van der Waals surface area contributed by atoms with Gasteiger partial charge in [-0.1, -0.05) is 12.1 Å². The van der Waals surface area contributed by atoms with Crippen LogP contribution in [0.15, 0.2) is 34.1 Å². The molecular formula is C15H15BrFNO2S. The van der Waals surface area contributed by atoms with Crippen LogP contribution < -0.4 is 4.74 Å². The molecule has 0 aliphatic heterocycles. The van der Waals surface area contributed by atoms with Gasteiger partial charge < -0.3 is 9.64 Å². The minimum atomic E-state index is -0.399. The van der Waals surface area contributed by atoms with Crippen molar-refractivity contribution in [2.75, 3.05) is 20.2 Å². The average molecular weight is 372 g/mol. The van der Waals surface area contributed by atoms with Crippen molar-refractivity contribution in [2.45, 2.75) is 6.92 Å². The minimum Gasteiger partial charge on any atom is -0.489 e. The maximum Gasteiger partial charge on any atom is 0.263 e. The van der Waals surface area contributed by atoms with E-state index < -0.39 is 5.82 Å². The van der Waals surface area contributed by atoms with Crippen LogP contribution in [-0.2, 0) is 0 Å². The zero-order chi connectivity index (χ0) is 15.4. The van der Waals surface area contributed by atoms with Crippen molar-refractivity contribution >= 4 is 33.2 Å². The van der Waals surface area contributed by atoms with Gasteiger partial charge in [0.15, 0.2) is 11.6 Å². The average Bonchev–Trinajstić information content (AvgIpc) is 2.80. The molecule has 0 bridgehead atoms. The lowest BCUT2D eigenvalue weighted by Crippen LogP contribution is -2.30. The number of halogens is 2. The van der Waals surface area contributed by atoms with Crippen molar-refractivity contribution in [1.82, 2.24) is 4.90 Å². The fourth-order valence-electron chi connectivity index (χ4n) is 1.71. The number of para-hydroxylation sites is 1. The molecule has 2 rings (SSSR count). The van der Waals surface area contributed by atoms with Gasteiger partial charge in [0.05, 0.1) is 15.2 Å². The number of ether oxygens (including phenoxy) is 1. The van der Waals surface area contributed by atoms with Crippen molar-refractivity contribution in [3.8, 4) is 5.75 Å². The number of hydrogen-bond acceptors (Lipinski definition) is 3. The van der Waals surface area contributed by atoms with Crippen LogP contribution in [0.5, 0.6) is 5.75 Å². The predicted octanol–water partition coefficient (Wildman–Crippen LogP) is 4.11. The monoisotopic (exact) mass is 371 g/mol. The summed E-state index contributed by atoms with van der Waals surface area (Å²) < 4.78 is 19.7. The van der Waals surface area contributed by atoms with E-state index in [0.29, 0.717) is 11.4 Å². The molecule has 1 aromatic carbocycles. The first kappa shape index (κ1) is 16.0. The van der Waals surface area contributed by atoms with E-state index in [9.17, 15) is 9.18 Å². The number of benzene rings is 1. The highest BCUT2D eigenvalue weighted by Crippen LogP contribution is 2.28. The molecule has 0 saturated carbocycles. The van der Waals surface area contributed by atoms with Gasteiger partial charge in [0.2, 0.25) is 0 Å². The Morgan fingerprint density at radius 3 is 2.76 bits per heavy atom.